The summed E-state index contributed by atoms with van der Waals surface area (Å²) in [6, 6.07) is 13.2. The number of hydrogen-bond donors (Lipinski definition) is 1. The Kier molecular flexibility index (Phi) is 5.22. The lowest BCUT2D eigenvalue weighted by atomic mass is 10.2. The van der Waals surface area contributed by atoms with Gasteiger partial charge in [0.25, 0.3) is 0 Å². The second-order valence-corrected chi connectivity index (χ2v) is 6.18. The summed E-state index contributed by atoms with van der Waals surface area (Å²) in [4.78, 5) is 15.9. The lowest BCUT2D eigenvalue weighted by Crippen LogP contribution is -2.12. The highest BCUT2D eigenvalue weighted by molar-refractivity contribution is 7.99. The zero-order valence-corrected chi connectivity index (χ0v) is 14.0. The van der Waals surface area contributed by atoms with Crippen LogP contribution < -0.4 is 5.32 Å². The molecule has 0 aliphatic rings. The van der Waals surface area contributed by atoms with Crippen LogP contribution in [-0.2, 0) is 11.8 Å². The van der Waals surface area contributed by atoms with E-state index < -0.39 is 0 Å². The number of hydrogen-bond acceptors (Lipinski definition) is 5. The highest BCUT2D eigenvalue weighted by atomic mass is 32.2. The predicted octanol–water partition coefficient (Wildman–Crippen LogP) is 3.00. The van der Waals surface area contributed by atoms with Crippen molar-refractivity contribution in [3.8, 4) is 11.4 Å². The predicted molar refractivity (Wildman–Crippen MR) is 94.6 cm³/mol. The van der Waals surface area contributed by atoms with Gasteiger partial charge in [0.1, 0.15) is 0 Å². The van der Waals surface area contributed by atoms with Crippen molar-refractivity contribution in [2.24, 2.45) is 7.05 Å². The molecule has 7 heteroatoms. The van der Waals surface area contributed by atoms with Gasteiger partial charge in [0.05, 0.1) is 0 Å². The van der Waals surface area contributed by atoms with Crippen molar-refractivity contribution in [1.29, 1.82) is 0 Å². The zero-order valence-electron chi connectivity index (χ0n) is 13.2. The Morgan fingerprint density at radius 3 is 2.62 bits per heavy atom. The third-order valence-electron chi connectivity index (χ3n) is 3.39. The van der Waals surface area contributed by atoms with E-state index in [1.807, 2.05) is 54.1 Å². The number of para-hydroxylation sites is 1. The average Bonchev–Trinajstić information content (AvgIpc) is 2.97. The van der Waals surface area contributed by atoms with Crippen molar-refractivity contribution in [3.63, 3.8) is 0 Å². The molecule has 0 saturated heterocycles. The molecule has 24 heavy (non-hydrogen) atoms. The molecular weight excluding hydrogens is 322 g/mol. The Bertz CT molecular complexity index is 804. The Morgan fingerprint density at radius 2 is 1.88 bits per heavy atom. The first-order chi connectivity index (χ1) is 11.7. The van der Waals surface area contributed by atoms with Crippen molar-refractivity contribution >= 4 is 23.4 Å². The van der Waals surface area contributed by atoms with Crippen LogP contribution in [0.4, 0.5) is 5.69 Å². The maximum absolute atomic E-state index is 11.9. The number of thioether (sulfide) groups is 1. The van der Waals surface area contributed by atoms with Gasteiger partial charge < -0.3 is 9.88 Å². The molecule has 1 amide bonds. The summed E-state index contributed by atoms with van der Waals surface area (Å²) in [7, 11) is 1.92. The minimum Gasteiger partial charge on any atom is -0.326 e. The first-order valence-electron chi connectivity index (χ1n) is 7.51. The molecule has 0 unspecified atom stereocenters. The summed E-state index contributed by atoms with van der Waals surface area (Å²) in [6.45, 7) is 0. The number of carbonyl (C=O) groups is 1. The van der Waals surface area contributed by atoms with E-state index in [0.717, 1.165) is 22.2 Å². The lowest BCUT2D eigenvalue weighted by molar-refractivity contribution is -0.115. The summed E-state index contributed by atoms with van der Waals surface area (Å²) in [5, 5.41) is 12.1. The molecule has 2 aromatic heterocycles. The van der Waals surface area contributed by atoms with Gasteiger partial charge in [-0.2, -0.15) is 0 Å². The second kappa shape index (κ2) is 7.74. The molecule has 6 nitrogen and oxygen atoms in total. The van der Waals surface area contributed by atoms with Crippen LogP contribution in [0.1, 0.15) is 6.42 Å². The summed E-state index contributed by atoms with van der Waals surface area (Å²) >= 11 is 1.51. The quantitative estimate of drug-likeness (QED) is 0.699. The van der Waals surface area contributed by atoms with Crippen LogP contribution in [0.3, 0.4) is 0 Å². The van der Waals surface area contributed by atoms with Gasteiger partial charge in [0.2, 0.25) is 5.91 Å². The number of anilines is 1. The lowest BCUT2D eigenvalue weighted by Gasteiger charge is -2.05. The Balaban J connectivity index is 1.54. The van der Waals surface area contributed by atoms with E-state index in [1.54, 1.807) is 12.4 Å². The molecule has 3 aromatic rings. The molecule has 0 radical (unpaired) electrons. The fourth-order valence-corrected chi connectivity index (χ4v) is 3.02. The third kappa shape index (κ3) is 3.99. The number of carbonyl (C=O) groups excluding carboxylic acids is 1. The molecule has 1 N–H and O–H groups in total. The van der Waals surface area contributed by atoms with Crippen LogP contribution in [0.5, 0.6) is 0 Å². The Labute approximate surface area is 144 Å². The van der Waals surface area contributed by atoms with E-state index in [9.17, 15) is 4.79 Å². The van der Waals surface area contributed by atoms with Crippen molar-refractivity contribution in [2.75, 3.05) is 11.1 Å². The number of nitrogens with zero attached hydrogens (tertiary/aromatic N) is 4. The third-order valence-corrected chi connectivity index (χ3v) is 4.41. The van der Waals surface area contributed by atoms with E-state index in [0.29, 0.717) is 12.2 Å². The van der Waals surface area contributed by atoms with Gasteiger partial charge in [-0.05, 0) is 24.3 Å². The smallest absolute Gasteiger partial charge is 0.225 e. The van der Waals surface area contributed by atoms with Gasteiger partial charge >= 0.3 is 0 Å². The van der Waals surface area contributed by atoms with Crippen molar-refractivity contribution < 1.29 is 4.79 Å². The maximum Gasteiger partial charge on any atom is 0.225 e. The van der Waals surface area contributed by atoms with Gasteiger partial charge in [-0.1, -0.05) is 30.0 Å². The molecule has 0 fully saturated rings. The minimum atomic E-state index is -0.00905. The normalized spacial score (nSPS) is 10.5. The monoisotopic (exact) mass is 339 g/mol. The average molecular weight is 339 g/mol. The van der Waals surface area contributed by atoms with Crippen LogP contribution in [0.15, 0.2) is 60.0 Å². The van der Waals surface area contributed by atoms with E-state index in [2.05, 4.69) is 20.5 Å². The fourth-order valence-electron chi connectivity index (χ4n) is 2.17. The van der Waals surface area contributed by atoms with Gasteiger partial charge in [-0.25, -0.2) is 0 Å². The largest absolute Gasteiger partial charge is 0.326 e. The summed E-state index contributed by atoms with van der Waals surface area (Å²) in [5.74, 6) is 1.42. The van der Waals surface area contributed by atoms with Crippen molar-refractivity contribution in [1.82, 2.24) is 19.7 Å². The van der Waals surface area contributed by atoms with E-state index in [1.165, 1.54) is 11.8 Å². The number of rotatable bonds is 6. The van der Waals surface area contributed by atoms with Crippen LogP contribution in [0, 0.1) is 0 Å². The van der Waals surface area contributed by atoms with Gasteiger partial charge in [0, 0.05) is 42.9 Å². The minimum absolute atomic E-state index is 0.00905. The molecule has 0 atom stereocenters. The first-order valence-corrected chi connectivity index (χ1v) is 8.50. The molecule has 1 aromatic carbocycles. The molecule has 122 valence electrons. The molecule has 0 spiro atoms. The SMILES string of the molecule is Cn1c(SCCC(=O)Nc2ccccc2)nnc1-c1ccncc1. The van der Waals surface area contributed by atoms with Crippen LogP contribution in [0.25, 0.3) is 11.4 Å². The maximum atomic E-state index is 11.9. The van der Waals surface area contributed by atoms with E-state index in [4.69, 9.17) is 0 Å². The van der Waals surface area contributed by atoms with Crippen LogP contribution in [-0.4, -0.2) is 31.4 Å². The topological polar surface area (TPSA) is 72.7 Å². The highest BCUT2D eigenvalue weighted by Gasteiger charge is 2.11. The molecule has 2 heterocycles. The summed E-state index contributed by atoms with van der Waals surface area (Å²) < 4.78 is 1.93. The Morgan fingerprint density at radius 1 is 1.12 bits per heavy atom. The Hall–Kier alpha value is -2.67. The van der Waals surface area contributed by atoms with Gasteiger partial charge in [-0.3, -0.25) is 9.78 Å². The zero-order chi connectivity index (χ0) is 16.8. The number of aromatic nitrogens is 4. The highest BCUT2D eigenvalue weighted by Crippen LogP contribution is 2.22. The van der Waals surface area contributed by atoms with Crippen molar-refractivity contribution in [3.05, 3.63) is 54.9 Å². The first kappa shape index (κ1) is 16.2. The molecule has 0 saturated carbocycles. The molecule has 3 rings (SSSR count). The number of benzene rings is 1. The number of amides is 1. The molecular formula is C17H17N5OS. The van der Waals surface area contributed by atoms with Gasteiger partial charge in [-0.15, -0.1) is 10.2 Å². The fraction of sp³-hybridized carbons (Fsp3) is 0.176. The summed E-state index contributed by atoms with van der Waals surface area (Å²) in [6.07, 6.45) is 3.87. The van der Waals surface area contributed by atoms with E-state index >= 15 is 0 Å². The standard InChI is InChI=1S/C17H17N5OS/c1-22-16(13-7-10-18-11-8-13)20-21-17(22)24-12-9-15(23)19-14-5-3-2-4-6-14/h2-8,10-11H,9,12H2,1H3,(H,19,23). The summed E-state index contributed by atoms with van der Waals surface area (Å²) in [5.41, 5.74) is 1.78. The number of nitrogens with one attached hydrogen (secondary N) is 1. The van der Waals surface area contributed by atoms with Crippen LogP contribution in [0.2, 0.25) is 0 Å². The molecule has 0 bridgehead atoms. The number of pyridine rings is 1. The second-order valence-electron chi connectivity index (χ2n) is 5.11. The molecule has 0 aliphatic carbocycles. The molecule has 0 aliphatic heterocycles. The van der Waals surface area contributed by atoms with Crippen LogP contribution >= 0.6 is 11.8 Å². The van der Waals surface area contributed by atoms with Crippen molar-refractivity contribution in [2.45, 2.75) is 11.6 Å². The van der Waals surface area contributed by atoms with Gasteiger partial charge in [0.15, 0.2) is 11.0 Å². The van der Waals surface area contributed by atoms with E-state index in [-0.39, 0.29) is 5.91 Å².